The van der Waals surface area contributed by atoms with Gasteiger partial charge in [-0.3, -0.25) is 4.79 Å². The number of amides is 1. The van der Waals surface area contributed by atoms with Gasteiger partial charge in [0.05, 0.1) is 18.5 Å². The van der Waals surface area contributed by atoms with E-state index in [2.05, 4.69) is 26.6 Å². The summed E-state index contributed by atoms with van der Waals surface area (Å²) in [6, 6.07) is 15.6. The van der Waals surface area contributed by atoms with Crippen molar-refractivity contribution in [2.75, 3.05) is 21.2 Å². The predicted octanol–water partition coefficient (Wildman–Crippen LogP) is 2.58. The number of hydrogen-bond acceptors (Lipinski definition) is 5. The second kappa shape index (κ2) is 8.67. The molecule has 1 aromatic heterocycles. The first-order valence-electron chi connectivity index (χ1n) is 9.06. The third kappa shape index (κ3) is 4.37. The summed E-state index contributed by atoms with van der Waals surface area (Å²) in [5.41, 5.74) is 4.05. The van der Waals surface area contributed by atoms with Crippen LogP contribution in [0, 0.1) is 6.92 Å². The van der Waals surface area contributed by atoms with Gasteiger partial charge in [0.2, 0.25) is 0 Å². The number of methoxy groups -OCH3 is 1. The molecule has 7 nitrogen and oxygen atoms in total. The predicted molar refractivity (Wildman–Crippen MR) is 108 cm³/mol. The monoisotopic (exact) mass is 379 g/mol. The SMILES string of the molecule is COc1cccc(-n2nnc(C(=O)NCc3ccccc3CN(C)C)c2C)c1. The van der Waals surface area contributed by atoms with Crippen LogP contribution in [0.4, 0.5) is 0 Å². The van der Waals surface area contributed by atoms with Crippen LogP contribution in [-0.2, 0) is 13.1 Å². The van der Waals surface area contributed by atoms with E-state index in [9.17, 15) is 4.79 Å². The van der Waals surface area contributed by atoms with Gasteiger partial charge in [-0.05, 0) is 44.3 Å². The molecule has 1 amide bonds. The molecule has 0 saturated carbocycles. The molecule has 0 bridgehead atoms. The third-order valence-corrected chi connectivity index (χ3v) is 4.45. The molecule has 0 fully saturated rings. The molecule has 1 heterocycles. The standard InChI is InChI=1S/C21H25N5O2/c1-15-20(23-24-26(15)18-10-7-11-19(12-18)28-4)21(27)22-13-16-8-5-6-9-17(16)14-25(2)3/h5-12H,13-14H2,1-4H3,(H,22,27). The second-order valence-corrected chi connectivity index (χ2v) is 6.83. The van der Waals surface area contributed by atoms with Gasteiger partial charge in [-0.1, -0.05) is 35.5 Å². The van der Waals surface area contributed by atoms with Gasteiger partial charge in [-0.2, -0.15) is 0 Å². The first-order valence-corrected chi connectivity index (χ1v) is 9.06. The summed E-state index contributed by atoms with van der Waals surface area (Å²) in [7, 11) is 5.66. The Morgan fingerprint density at radius 1 is 1.14 bits per heavy atom. The van der Waals surface area contributed by atoms with Gasteiger partial charge in [0.25, 0.3) is 5.91 Å². The van der Waals surface area contributed by atoms with Crippen LogP contribution in [-0.4, -0.2) is 47.0 Å². The molecule has 0 aliphatic rings. The zero-order valence-corrected chi connectivity index (χ0v) is 16.6. The smallest absolute Gasteiger partial charge is 0.274 e. The molecule has 0 spiro atoms. The Morgan fingerprint density at radius 2 is 1.89 bits per heavy atom. The molecule has 3 aromatic rings. The van der Waals surface area contributed by atoms with E-state index in [0.717, 1.165) is 23.5 Å². The van der Waals surface area contributed by atoms with Crippen LogP contribution in [0.5, 0.6) is 5.75 Å². The van der Waals surface area contributed by atoms with Crippen LogP contribution in [0.15, 0.2) is 48.5 Å². The molecule has 0 unspecified atom stereocenters. The molecule has 0 aliphatic heterocycles. The van der Waals surface area contributed by atoms with Gasteiger partial charge in [0.15, 0.2) is 5.69 Å². The third-order valence-electron chi connectivity index (χ3n) is 4.45. The minimum absolute atomic E-state index is 0.244. The number of aromatic nitrogens is 3. The zero-order valence-electron chi connectivity index (χ0n) is 16.6. The Bertz CT molecular complexity index is 965. The van der Waals surface area contributed by atoms with Gasteiger partial charge in [0.1, 0.15) is 5.75 Å². The van der Waals surface area contributed by atoms with Crippen molar-refractivity contribution in [3.8, 4) is 11.4 Å². The summed E-state index contributed by atoms with van der Waals surface area (Å²) in [4.78, 5) is 14.8. The lowest BCUT2D eigenvalue weighted by molar-refractivity contribution is 0.0945. The van der Waals surface area contributed by atoms with Gasteiger partial charge in [-0.15, -0.1) is 5.10 Å². The number of benzene rings is 2. The molecular weight excluding hydrogens is 354 g/mol. The molecule has 0 radical (unpaired) electrons. The maximum absolute atomic E-state index is 12.7. The number of nitrogens with zero attached hydrogens (tertiary/aromatic N) is 4. The van der Waals surface area contributed by atoms with Crippen LogP contribution in [0.3, 0.4) is 0 Å². The van der Waals surface area contributed by atoms with Crippen molar-refractivity contribution >= 4 is 5.91 Å². The average Bonchev–Trinajstić information content (AvgIpc) is 3.08. The zero-order chi connectivity index (χ0) is 20.1. The Kier molecular flexibility index (Phi) is 6.06. The molecule has 0 saturated heterocycles. The number of hydrogen-bond donors (Lipinski definition) is 1. The maximum Gasteiger partial charge on any atom is 0.274 e. The highest BCUT2D eigenvalue weighted by molar-refractivity contribution is 5.93. The summed E-state index contributed by atoms with van der Waals surface area (Å²) in [5, 5.41) is 11.2. The van der Waals surface area contributed by atoms with Crippen LogP contribution in [0.2, 0.25) is 0 Å². The van der Waals surface area contributed by atoms with Crippen molar-refractivity contribution in [3.63, 3.8) is 0 Å². The molecule has 3 rings (SSSR count). The number of ether oxygens (including phenoxy) is 1. The molecule has 7 heteroatoms. The fourth-order valence-corrected chi connectivity index (χ4v) is 3.01. The first-order chi connectivity index (χ1) is 13.5. The van der Waals surface area contributed by atoms with E-state index in [4.69, 9.17) is 4.74 Å². The summed E-state index contributed by atoms with van der Waals surface area (Å²) in [5.74, 6) is 0.474. The lowest BCUT2D eigenvalue weighted by atomic mass is 10.1. The maximum atomic E-state index is 12.7. The molecule has 1 N–H and O–H groups in total. The highest BCUT2D eigenvalue weighted by Gasteiger charge is 2.17. The van der Waals surface area contributed by atoms with Gasteiger partial charge in [0, 0.05) is 19.2 Å². The second-order valence-electron chi connectivity index (χ2n) is 6.83. The Balaban J connectivity index is 1.75. The quantitative estimate of drug-likeness (QED) is 0.683. The van der Waals surface area contributed by atoms with Crippen LogP contribution < -0.4 is 10.1 Å². The minimum atomic E-state index is -0.244. The normalized spacial score (nSPS) is 10.9. The Hall–Kier alpha value is -3.19. The summed E-state index contributed by atoms with van der Waals surface area (Å²) in [6.07, 6.45) is 0. The van der Waals surface area contributed by atoms with Crippen molar-refractivity contribution in [1.29, 1.82) is 0 Å². The largest absolute Gasteiger partial charge is 0.497 e. The number of carbonyl (C=O) groups excluding carboxylic acids is 1. The van der Waals surface area contributed by atoms with Crippen molar-refractivity contribution in [3.05, 3.63) is 71.0 Å². The van der Waals surface area contributed by atoms with Crippen molar-refractivity contribution in [2.45, 2.75) is 20.0 Å². The number of carbonyl (C=O) groups is 1. The highest BCUT2D eigenvalue weighted by atomic mass is 16.5. The Labute approximate surface area is 164 Å². The lowest BCUT2D eigenvalue weighted by Crippen LogP contribution is -2.25. The lowest BCUT2D eigenvalue weighted by Gasteiger charge is -2.14. The van der Waals surface area contributed by atoms with Gasteiger partial charge >= 0.3 is 0 Å². The van der Waals surface area contributed by atoms with E-state index >= 15 is 0 Å². The van der Waals surface area contributed by atoms with E-state index in [-0.39, 0.29) is 5.91 Å². The molecular formula is C21H25N5O2. The van der Waals surface area contributed by atoms with Crippen molar-refractivity contribution < 1.29 is 9.53 Å². The molecule has 28 heavy (non-hydrogen) atoms. The molecule has 146 valence electrons. The first kappa shape index (κ1) is 19.6. The van der Waals surface area contributed by atoms with Crippen LogP contribution in [0.25, 0.3) is 5.69 Å². The topological polar surface area (TPSA) is 72.3 Å². The van der Waals surface area contributed by atoms with Crippen molar-refractivity contribution in [2.24, 2.45) is 0 Å². The van der Waals surface area contributed by atoms with E-state index in [1.807, 2.05) is 63.5 Å². The van der Waals surface area contributed by atoms with E-state index in [0.29, 0.717) is 17.9 Å². The summed E-state index contributed by atoms with van der Waals surface area (Å²) < 4.78 is 6.89. The molecule has 0 atom stereocenters. The van der Waals surface area contributed by atoms with E-state index < -0.39 is 0 Å². The fourth-order valence-electron chi connectivity index (χ4n) is 3.01. The van der Waals surface area contributed by atoms with Crippen LogP contribution in [0.1, 0.15) is 27.3 Å². The van der Waals surface area contributed by atoms with Gasteiger partial charge < -0.3 is 15.0 Å². The minimum Gasteiger partial charge on any atom is -0.497 e. The van der Waals surface area contributed by atoms with E-state index in [1.54, 1.807) is 11.8 Å². The molecule has 2 aromatic carbocycles. The summed E-state index contributed by atoms with van der Waals surface area (Å²) in [6.45, 7) is 3.08. The Morgan fingerprint density at radius 3 is 2.61 bits per heavy atom. The number of nitrogens with one attached hydrogen (secondary N) is 1. The highest BCUT2D eigenvalue weighted by Crippen LogP contribution is 2.18. The summed E-state index contributed by atoms with van der Waals surface area (Å²) >= 11 is 0. The van der Waals surface area contributed by atoms with Crippen molar-refractivity contribution in [1.82, 2.24) is 25.2 Å². The van der Waals surface area contributed by atoms with E-state index in [1.165, 1.54) is 5.56 Å². The van der Waals surface area contributed by atoms with Gasteiger partial charge in [-0.25, -0.2) is 4.68 Å². The van der Waals surface area contributed by atoms with Crippen LogP contribution >= 0.6 is 0 Å². The molecule has 0 aliphatic carbocycles. The average molecular weight is 379 g/mol. The fraction of sp³-hybridized carbons (Fsp3) is 0.286. The number of rotatable bonds is 7.